The Morgan fingerprint density at radius 1 is 1.14 bits per heavy atom. The molecular formula is C16H19FN4. The monoisotopic (exact) mass is 286 g/mol. The van der Waals surface area contributed by atoms with Gasteiger partial charge in [-0.15, -0.1) is 0 Å². The summed E-state index contributed by atoms with van der Waals surface area (Å²) in [5.74, 6) is 0.543. The van der Waals surface area contributed by atoms with Crippen molar-refractivity contribution in [3.63, 3.8) is 0 Å². The molecule has 1 saturated heterocycles. The largest absolute Gasteiger partial charge is 0.314 e. The molecule has 2 heterocycles. The molecule has 4 nitrogen and oxygen atoms in total. The SMILES string of the molecule is CC(c1ncc(-c2ccccc2F)cn1)N1CCNCC1. The molecule has 1 unspecified atom stereocenters. The smallest absolute Gasteiger partial charge is 0.145 e. The molecule has 1 atom stereocenters. The standard InChI is InChI=1S/C16H19FN4/c1-12(21-8-6-18-7-9-21)16-19-10-13(11-20-16)14-4-2-3-5-15(14)17/h2-5,10-12,18H,6-9H2,1H3. The fraction of sp³-hybridized carbons (Fsp3) is 0.375. The van der Waals surface area contributed by atoms with Crippen LogP contribution < -0.4 is 5.32 Å². The van der Waals surface area contributed by atoms with Crippen LogP contribution in [0.2, 0.25) is 0 Å². The third-order valence-electron chi connectivity index (χ3n) is 3.93. The fourth-order valence-corrected chi connectivity index (χ4v) is 2.62. The third kappa shape index (κ3) is 3.09. The molecule has 3 rings (SSSR count). The van der Waals surface area contributed by atoms with Crippen molar-refractivity contribution in [3.05, 3.63) is 48.3 Å². The lowest BCUT2D eigenvalue weighted by molar-refractivity contribution is 0.179. The Kier molecular flexibility index (Phi) is 4.22. The second-order valence-electron chi connectivity index (χ2n) is 5.27. The van der Waals surface area contributed by atoms with Gasteiger partial charge in [-0.2, -0.15) is 0 Å². The van der Waals surface area contributed by atoms with Gasteiger partial charge < -0.3 is 5.32 Å². The maximum Gasteiger partial charge on any atom is 0.145 e. The first kappa shape index (κ1) is 14.1. The number of hydrogen-bond acceptors (Lipinski definition) is 4. The molecule has 0 spiro atoms. The zero-order chi connectivity index (χ0) is 14.7. The fourth-order valence-electron chi connectivity index (χ4n) is 2.62. The van der Waals surface area contributed by atoms with Gasteiger partial charge in [0.1, 0.15) is 11.6 Å². The maximum absolute atomic E-state index is 13.8. The van der Waals surface area contributed by atoms with Gasteiger partial charge in [0, 0.05) is 49.7 Å². The molecule has 0 saturated carbocycles. The topological polar surface area (TPSA) is 41.1 Å². The molecule has 1 aromatic heterocycles. The Bertz CT molecular complexity index is 593. The van der Waals surface area contributed by atoms with Crippen molar-refractivity contribution in [1.82, 2.24) is 20.2 Å². The number of hydrogen-bond donors (Lipinski definition) is 1. The van der Waals surface area contributed by atoms with E-state index in [9.17, 15) is 4.39 Å². The van der Waals surface area contributed by atoms with Gasteiger partial charge in [-0.1, -0.05) is 18.2 Å². The van der Waals surface area contributed by atoms with Crippen LogP contribution in [0, 0.1) is 5.82 Å². The molecule has 0 aliphatic carbocycles. The summed E-state index contributed by atoms with van der Waals surface area (Å²) in [7, 11) is 0. The lowest BCUT2D eigenvalue weighted by atomic mass is 10.1. The van der Waals surface area contributed by atoms with Crippen molar-refractivity contribution < 1.29 is 4.39 Å². The van der Waals surface area contributed by atoms with E-state index in [1.54, 1.807) is 24.5 Å². The number of nitrogens with one attached hydrogen (secondary N) is 1. The van der Waals surface area contributed by atoms with Crippen molar-refractivity contribution in [2.45, 2.75) is 13.0 Å². The van der Waals surface area contributed by atoms with Gasteiger partial charge in [-0.05, 0) is 13.0 Å². The highest BCUT2D eigenvalue weighted by atomic mass is 19.1. The predicted octanol–water partition coefficient (Wildman–Crippen LogP) is 2.25. The number of benzene rings is 1. The highest BCUT2D eigenvalue weighted by Gasteiger charge is 2.20. The van der Waals surface area contributed by atoms with Crippen LogP contribution in [0.15, 0.2) is 36.7 Å². The zero-order valence-corrected chi connectivity index (χ0v) is 12.1. The van der Waals surface area contributed by atoms with Crippen molar-refractivity contribution in [2.24, 2.45) is 0 Å². The second-order valence-corrected chi connectivity index (χ2v) is 5.27. The molecule has 0 bridgehead atoms. The van der Waals surface area contributed by atoms with E-state index in [0.717, 1.165) is 32.0 Å². The van der Waals surface area contributed by atoms with Gasteiger partial charge in [0.2, 0.25) is 0 Å². The minimum absolute atomic E-state index is 0.182. The van der Waals surface area contributed by atoms with E-state index in [4.69, 9.17) is 0 Å². The van der Waals surface area contributed by atoms with Crippen LogP contribution in [0.3, 0.4) is 0 Å². The summed E-state index contributed by atoms with van der Waals surface area (Å²) in [4.78, 5) is 11.2. The Balaban J connectivity index is 1.79. The molecule has 110 valence electrons. The number of halogens is 1. The first-order valence-electron chi connectivity index (χ1n) is 7.27. The zero-order valence-electron chi connectivity index (χ0n) is 12.1. The maximum atomic E-state index is 13.8. The van der Waals surface area contributed by atoms with Crippen LogP contribution in [-0.2, 0) is 0 Å². The Morgan fingerprint density at radius 3 is 2.48 bits per heavy atom. The molecule has 21 heavy (non-hydrogen) atoms. The van der Waals surface area contributed by atoms with E-state index in [-0.39, 0.29) is 11.9 Å². The summed E-state index contributed by atoms with van der Waals surface area (Å²) in [6, 6.07) is 6.87. The number of aromatic nitrogens is 2. The van der Waals surface area contributed by atoms with Crippen LogP contribution in [0.25, 0.3) is 11.1 Å². The molecule has 5 heteroatoms. The van der Waals surface area contributed by atoms with Crippen LogP contribution in [0.5, 0.6) is 0 Å². The van der Waals surface area contributed by atoms with E-state index in [2.05, 4.69) is 27.1 Å². The molecule has 2 aromatic rings. The van der Waals surface area contributed by atoms with Crippen LogP contribution in [0.1, 0.15) is 18.8 Å². The molecule has 1 aliphatic rings. The molecule has 0 radical (unpaired) electrons. The van der Waals surface area contributed by atoms with Gasteiger partial charge in [0.25, 0.3) is 0 Å². The van der Waals surface area contributed by atoms with Gasteiger partial charge in [-0.25, -0.2) is 14.4 Å². The third-order valence-corrected chi connectivity index (χ3v) is 3.93. The Morgan fingerprint density at radius 2 is 1.81 bits per heavy atom. The van der Waals surface area contributed by atoms with Crippen molar-refractivity contribution in [2.75, 3.05) is 26.2 Å². The average molecular weight is 286 g/mol. The second kappa shape index (κ2) is 6.28. The van der Waals surface area contributed by atoms with E-state index in [1.807, 2.05) is 6.07 Å². The van der Waals surface area contributed by atoms with Gasteiger partial charge in [0.05, 0.1) is 6.04 Å². The first-order valence-corrected chi connectivity index (χ1v) is 7.27. The molecule has 1 aliphatic heterocycles. The normalized spacial score (nSPS) is 17.6. The lowest BCUT2D eigenvalue weighted by Crippen LogP contribution is -2.44. The molecule has 1 N–H and O–H groups in total. The highest BCUT2D eigenvalue weighted by molar-refractivity contribution is 5.61. The number of rotatable bonds is 3. The summed E-state index contributed by atoms with van der Waals surface area (Å²) in [6.45, 7) is 6.11. The minimum Gasteiger partial charge on any atom is -0.314 e. The Labute approximate surface area is 124 Å². The van der Waals surface area contributed by atoms with Gasteiger partial charge in [-0.3, -0.25) is 4.90 Å². The number of piperazine rings is 1. The molecule has 1 fully saturated rings. The van der Waals surface area contributed by atoms with E-state index in [0.29, 0.717) is 11.1 Å². The highest BCUT2D eigenvalue weighted by Crippen LogP contribution is 2.23. The van der Waals surface area contributed by atoms with Gasteiger partial charge in [0.15, 0.2) is 0 Å². The lowest BCUT2D eigenvalue weighted by Gasteiger charge is -2.31. The van der Waals surface area contributed by atoms with Crippen LogP contribution in [-0.4, -0.2) is 41.0 Å². The van der Waals surface area contributed by atoms with E-state index < -0.39 is 0 Å². The quantitative estimate of drug-likeness (QED) is 0.939. The summed E-state index contributed by atoms with van der Waals surface area (Å²) in [5, 5.41) is 3.33. The van der Waals surface area contributed by atoms with Crippen molar-refractivity contribution >= 4 is 0 Å². The molecular weight excluding hydrogens is 267 g/mol. The van der Waals surface area contributed by atoms with Crippen LogP contribution >= 0.6 is 0 Å². The minimum atomic E-state index is -0.246. The summed E-state index contributed by atoms with van der Waals surface area (Å²) >= 11 is 0. The Hall–Kier alpha value is -1.85. The van der Waals surface area contributed by atoms with Gasteiger partial charge >= 0.3 is 0 Å². The molecule has 1 aromatic carbocycles. The van der Waals surface area contributed by atoms with E-state index in [1.165, 1.54) is 6.07 Å². The van der Waals surface area contributed by atoms with Crippen LogP contribution in [0.4, 0.5) is 4.39 Å². The van der Waals surface area contributed by atoms with Crippen molar-refractivity contribution in [1.29, 1.82) is 0 Å². The number of nitrogens with zero attached hydrogens (tertiary/aromatic N) is 3. The molecule has 0 amide bonds. The van der Waals surface area contributed by atoms with E-state index >= 15 is 0 Å². The summed E-state index contributed by atoms with van der Waals surface area (Å²) < 4.78 is 13.8. The first-order chi connectivity index (χ1) is 10.3. The summed E-state index contributed by atoms with van der Waals surface area (Å²) in [5.41, 5.74) is 1.25. The summed E-state index contributed by atoms with van der Waals surface area (Å²) in [6.07, 6.45) is 3.42. The van der Waals surface area contributed by atoms with Crippen molar-refractivity contribution in [3.8, 4) is 11.1 Å². The average Bonchev–Trinajstić information content (AvgIpc) is 2.56. The predicted molar refractivity (Wildman–Crippen MR) is 80.3 cm³/mol.